The molecule has 0 atom stereocenters. The number of rotatable bonds is 3. The van der Waals surface area contributed by atoms with Crippen molar-refractivity contribution in [2.24, 2.45) is 11.1 Å². The quantitative estimate of drug-likeness (QED) is 0.673. The van der Waals surface area contributed by atoms with Crippen LogP contribution in [0.25, 0.3) is 0 Å². The minimum Gasteiger partial charge on any atom is -0.508 e. The van der Waals surface area contributed by atoms with Gasteiger partial charge in [-0.2, -0.15) is 0 Å². The zero-order valence-corrected chi connectivity index (χ0v) is 9.29. The number of carbonyl (C=O) groups is 1. The lowest BCUT2D eigenvalue weighted by molar-refractivity contribution is -0.120. The smallest absolute Gasteiger partial charge is 0.231 e. The number of aromatic hydroxyl groups is 1. The van der Waals surface area contributed by atoms with Crippen molar-refractivity contribution in [3.63, 3.8) is 0 Å². The van der Waals surface area contributed by atoms with Crippen molar-refractivity contribution in [1.82, 2.24) is 0 Å². The molecule has 1 aliphatic rings. The average molecular weight is 220 g/mol. The lowest BCUT2D eigenvalue weighted by atomic mass is 10.1. The highest BCUT2D eigenvalue weighted by atomic mass is 16.3. The van der Waals surface area contributed by atoms with E-state index in [1.54, 1.807) is 18.2 Å². The highest BCUT2D eigenvalue weighted by Gasteiger charge is 2.48. The van der Waals surface area contributed by atoms with Gasteiger partial charge in [0.25, 0.3) is 0 Å². The van der Waals surface area contributed by atoms with Crippen LogP contribution in [-0.4, -0.2) is 17.6 Å². The monoisotopic (exact) mass is 220 g/mol. The van der Waals surface area contributed by atoms with E-state index in [-0.39, 0.29) is 17.1 Å². The molecule has 0 heterocycles. The molecule has 0 aromatic heterocycles. The molecule has 0 unspecified atom stereocenters. The highest BCUT2D eigenvalue weighted by molar-refractivity contribution is 5.97. The van der Waals surface area contributed by atoms with Crippen LogP contribution < -0.4 is 11.1 Å². The van der Waals surface area contributed by atoms with Gasteiger partial charge in [-0.05, 0) is 43.5 Å². The molecule has 1 aromatic carbocycles. The Morgan fingerprint density at radius 3 is 2.75 bits per heavy atom. The van der Waals surface area contributed by atoms with Crippen LogP contribution >= 0.6 is 0 Å². The van der Waals surface area contributed by atoms with E-state index in [1.807, 2.05) is 6.92 Å². The molecule has 0 spiro atoms. The number of nitrogens with two attached hydrogens (primary N) is 1. The Hall–Kier alpha value is -1.55. The number of nitrogens with one attached hydrogen (secondary N) is 1. The van der Waals surface area contributed by atoms with E-state index in [0.29, 0.717) is 6.54 Å². The van der Waals surface area contributed by atoms with E-state index in [2.05, 4.69) is 5.32 Å². The van der Waals surface area contributed by atoms with Crippen LogP contribution in [0.1, 0.15) is 18.4 Å². The standard InChI is InChI=1S/C12H16N2O2/c1-8-6-9(15)2-3-10(8)14-11(16)12(7-13)4-5-12/h2-3,6,15H,4-5,7,13H2,1H3,(H,14,16). The van der Waals surface area contributed by atoms with E-state index in [9.17, 15) is 9.90 Å². The molecule has 1 fully saturated rings. The zero-order chi connectivity index (χ0) is 11.8. The number of aryl methyl sites for hydroxylation is 1. The van der Waals surface area contributed by atoms with Gasteiger partial charge in [0, 0.05) is 12.2 Å². The first-order chi connectivity index (χ1) is 7.57. The lowest BCUT2D eigenvalue weighted by Crippen LogP contribution is -2.31. The molecule has 0 aliphatic heterocycles. The van der Waals surface area contributed by atoms with Gasteiger partial charge >= 0.3 is 0 Å². The van der Waals surface area contributed by atoms with Crippen molar-refractivity contribution in [3.8, 4) is 5.75 Å². The maximum atomic E-state index is 11.9. The third kappa shape index (κ3) is 1.88. The van der Waals surface area contributed by atoms with Crippen LogP contribution in [0.3, 0.4) is 0 Å². The molecular formula is C12H16N2O2. The number of phenols is 1. The van der Waals surface area contributed by atoms with Gasteiger partial charge < -0.3 is 16.2 Å². The summed E-state index contributed by atoms with van der Waals surface area (Å²) < 4.78 is 0. The molecule has 0 radical (unpaired) electrons. The summed E-state index contributed by atoms with van der Waals surface area (Å²) in [5.41, 5.74) is 6.83. The molecule has 1 aliphatic carbocycles. The average Bonchev–Trinajstić information content (AvgIpc) is 3.03. The van der Waals surface area contributed by atoms with Crippen molar-refractivity contribution in [2.45, 2.75) is 19.8 Å². The summed E-state index contributed by atoms with van der Waals surface area (Å²) in [5.74, 6) is 0.194. The van der Waals surface area contributed by atoms with E-state index in [1.165, 1.54) is 0 Å². The van der Waals surface area contributed by atoms with Crippen molar-refractivity contribution >= 4 is 11.6 Å². The third-order valence-electron chi connectivity index (χ3n) is 3.18. The summed E-state index contributed by atoms with van der Waals surface area (Å²) >= 11 is 0. The Morgan fingerprint density at radius 2 is 2.25 bits per heavy atom. The SMILES string of the molecule is Cc1cc(O)ccc1NC(=O)C1(CN)CC1. The Bertz CT molecular complexity index is 425. The number of hydrogen-bond donors (Lipinski definition) is 3. The van der Waals surface area contributed by atoms with Crippen LogP contribution in [-0.2, 0) is 4.79 Å². The van der Waals surface area contributed by atoms with Crippen molar-refractivity contribution in [3.05, 3.63) is 23.8 Å². The molecule has 4 N–H and O–H groups in total. The lowest BCUT2D eigenvalue weighted by Gasteiger charge is -2.14. The predicted octanol–water partition coefficient (Wildman–Crippen LogP) is 1.38. The van der Waals surface area contributed by atoms with E-state index in [4.69, 9.17) is 5.73 Å². The summed E-state index contributed by atoms with van der Waals surface area (Å²) in [7, 11) is 0. The molecule has 0 bridgehead atoms. The molecule has 1 amide bonds. The van der Waals surface area contributed by atoms with Crippen molar-refractivity contribution in [2.75, 3.05) is 11.9 Å². The van der Waals surface area contributed by atoms with Crippen LogP contribution in [0.15, 0.2) is 18.2 Å². The van der Waals surface area contributed by atoms with E-state index < -0.39 is 0 Å². The Labute approximate surface area is 94.5 Å². The molecule has 86 valence electrons. The molecule has 4 nitrogen and oxygen atoms in total. The normalized spacial score (nSPS) is 16.9. The number of hydrogen-bond acceptors (Lipinski definition) is 3. The van der Waals surface area contributed by atoms with Gasteiger partial charge in [-0.25, -0.2) is 0 Å². The van der Waals surface area contributed by atoms with Crippen LogP contribution in [0, 0.1) is 12.3 Å². The minimum absolute atomic E-state index is 0.0104. The molecular weight excluding hydrogens is 204 g/mol. The highest BCUT2D eigenvalue weighted by Crippen LogP contribution is 2.45. The number of benzene rings is 1. The minimum atomic E-state index is -0.343. The number of carbonyl (C=O) groups excluding carboxylic acids is 1. The van der Waals surface area contributed by atoms with Crippen molar-refractivity contribution < 1.29 is 9.90 Å². The molecule has 4 heteroatoms. The van der Waals surface area contributed by atoms with Gasteiger partial charge in [-0.3, -0.25) is 4.79 Å². The zero-order valence-electron chi connectivity index (χ0n) is 9.29. The fourth-order valence-corrected chi connectivity index (χ4v) is 1.72. The van der Waals surface area contributed by atoms with Crippen LogP contribution in [0.4, 0.5) is 5.69 Å². The fraction of sp³-hybridized carbons (Fsp3) is 0.417. The summed E-state index contributed by atoms with van der Waals surface area (Å²) in [6.07, 6.45) is 1.74. The van der Waals surface area contributed by atoms with Crippen LogP contribution in [0.2, 0.25) is 0 Å². The summed E-state index contributed by atoms with van der Waals surface area (Å²) in [6.45, 7) is 2.24. The van der Waals surface area contributed by atoms with Gasteiger partial charge in [0.05, 0.1) is 5.41 Å². The van der Waals surface area contributed by atoms with E-state index >= 15 is 0 Å². The first kappa shape index (κ1) is 11.0. The molecule has 0 saturated heterocycles. The topological polar surface area (TPSA) is 75.3 Å². The van der Waals surface area contributed by atoms with Gasteiger partial charge in [0.2, 0.25) is 5.91 Å². The second-order valence-corrected chi connectivity index (χ2v) is 4.44. The summed E-state index contributed by atoms with van der Waals surface area (Å²) in [4.78, 5) is 11.9. The Kier molecular flexibility index (Phi) is 2.59. The number of phenolic OH excluding ortho intramolecular Hbond substituents is 1. The maximum Gasteiger partial charge on any atom is 0.231 e. The van der Waals surface area contributed by atoms with Gasteiger partial charge in [0.1, 0.15) is 5.75 Å². The third-order valence-corrected chi connectivity index (χ3v) is 3.18. The largest absolute Gasteiger partial charge is 0.508 e. The molecule has 1 saturated carbocycles. The van der Waals surface area contributed by atoms with Gasteiger partial charge in [0.15, 0.2) is 0 Å². The Balaban J connectivity index is 2.12. The number of amides is 1. The molecule has 2 rings (SSSR count). The number of anilines is 1. The molecule has 16 heavy (non-hydrogen) atoms. The summed E-state index contributed by atoms with van der Waals surface area (Å²) in [6, 6.07) is 4.89. The van der Waals surface area contributed by atoms with Crippen molar-refractivity contribution in [1.29, 1.82) is 0 Å². The first-order valence-corrected chi connectivity index (χ1v) is 5.38. The maximum absolute atomic E-state index is 11.9. The molecule has 1 aromatic rings. The van der Waals surface area contributed by atoms with Gasteiger partial charge in [-0.1, -0.05) is 0 Å². The fourth-order valence-electron chi connectivity index (χ4n) is 1.72. The van der Waals surface area contributed by atoms with Gasteiger partial charge in [-0.15, -0.1) is 0 Å². The summed E-state index contributed by atoms with van der Waals surface area (Å²) in [5, 5.41) is 12.1. The first-order valence-electron chi connectivity index (χ1n) is 5.38. The second kappa shape index (κ2) is 3.79. The van der Waals surface area contributed by atoms with Crippen LogP contribution in [0.5, 0.6) is 5.75 Å². The second-order valence-electron chi connectivity index (χ2n) is 4.44. The predicted molar refractivity (Wildman–Crippen MR) is 62.2 cm³/mol. The van der Waals surface area contributed by atoms with E-state index in [0.717, 1.165) is 24.1 Å². The Morgan fingerprint density at radius 1 is 1.56 bits per heavy atom.